The Kier molecular flexibility index (Phi) is 2.89. The molecule has 0 bridgehead atoms. The molecule has 3 rings (SSSR count). The van der Waals surface area contributed by atoms with Crippen molar-refractivity contribution in [2.24, 2.45) is 0 Å². The van der Waals surface area contributed by atoms with Crippen LogP contribution in [0.1, 0.15) is 42.3 Å². The number of hydrogen-bond donors (Lipinski definition) is 1. The molecule has 1 amide bonds. The summed E-state index contributed by atoms with van der Waals surface area (Å²) in [5.74, 6) is 0.0353. The maximum absolute atomic E-state index is 11.7. The van der Waals surface area contributed by atoms with Gasteiger partial charge in [0.15, 0.2) is 0 Å². The lowest BCUT2D eigenvalue weighted by molar-refractivity contribution is 0.0966. The second kappa shape index (κ2) is 4.48. The minimum atomic E-state index is 0.0353. The van der Waals surface area contributed by atoms with Gasteiger partial charge in [0.1, 0.15) is 0 Å². The Hall–Kier alpha value is -2.09. The highest BCUT2D eigenvalue weighted by atomic mass is 16.1. The zero-order valence-corrected chi connectivity index (χ0v) is 12.2. The Bertz CT molecular complexity index is 663. The zero-order chi connectivity index (χ0) is 14.3. The maximum Gasteiger partial charge on any atom is 0.251 e. The van der Waals surface area contributed by atoms with E-state index in [1.54, 1.807) is 0 Å². The summed E-state index contributed by atoms with van der Waals surface area (Å²) in [5, 5.41) is 2.89. The number of rotatable bonds is 1. The molecule has 2 nitrogen and oxygen atoms in total. The van der Waals surface area contributed by atoms with E-state index in [1.165, 1.54) is 11.1 Å². The summed E-state index contributed by atoms with van der Waals surface area (Å²) in [7, 11) is 0. The quantitative estimate of drug-likeness (QED) is 0.832. The molecule has 20 heavy (non-hydrogen) atoms. The summed E-state index contributed by atoms with van der Waals surface area (Å²) in [5.41, 5.74) is 5.73. The van der Waals surface area contributed by atoms with E-state index in [0.29, 0.717) is 6.54 Å². The van der Waals surface area contributed by atoms with E-state index >= 15 is 0 Å². The van der Waals surface area contributed by atoms with Crippen LogP contribution in [0.3, 0.4) is 0 Å². The summed E-state index contributed by atoms with van der Waals surface area (Å²) in [4.78, 5) is 11.7. The van der Waals surface area contributed by atoms with Gasteiger partial charge in [-0.1, -0.05) is 57.2 Å². The second-order valence-electron chi connectivity index (χ2n) is 6.34. The number of hydrogen-bond acceptors (Lipinski definition) is 1. The molecule has 0 radical (unpaired) electrons. The van der Waals surface area contributed by atoms with Gasteiger partial charge in [-0.2, -0.15) is 0 Å². The molecule has 1 heterocycles. The topological polar surface area (TPSA) is 29.1 Å². The van der Waals surface area contributed by atoms with Crippen molar-refractivity contribution in [1.29, 1.82) is 0 Å². The molecule has 1 aliphatic heterocycles. The molecule has 0 atom stereocenters. The standard InChI is InChI=1S/C18H19NO/c1-18(2,3)13-9-7-12(8-10-13)14-5-4-6-15-16(14)11-19-17(15)20/h4-10H,11H2,1-3H3,(H,19,20). The summed E-state index contributed by atoms with van der Waals surface area (Å²) >= 11 is 0. The molecule has 0 aromatic heterocycles. The van der Waals surface area contributed by atoms with Crippen molar-refractivity contribution in [3.63, 3.8) is 0 Å². The van der Waals surface area contributed by atoms with Crippen molar-refractivity contribution in [2.75, 3.05) is 0 Å². The first-order valence-electron chi connectivity index (χ1n) is 6.98. The molecule has 0 unspecified atom stereocenters. The first-order valence-corrected chi connectivity index (χ1v) is 6.98. The number of nitrogens with one attached hydrogen (secondary N) is 1. The number of carbonyl (C=O) groups excluding carboxylic acids is 1. The van der Waals surface area contributed by atoms with Gasteiger partial charge in [0.2, 0.25) is 0 Å². The normalized spacial score (nSPS) is 14.1. The summed E-state index contributed by atoms with van der Waals surface area (Å²) in [6.45, 7) is 7.27. The molecule has 2 aromatic carbocycles. The highest BCUT2D eigenvalue weighted by Gasteiger charge is 2.22. The van der Waals surface area contributed by atoms with Crippen molar-refractivity contribution in [2.45, 2.75) is 32.7 Å². The average Bonchev–Trinajstić information content (AvgIpc) is 2.80. The number of benzene rings is 2. The van der Waals surface area contributed by atoms with Crippen LogP contribution in [-0.2, 0) is 12.0 Å². The molecule has 1 N–H and O–H groups in total. The monoisotopic (exact) mass is 265 g/mol. The highest BCUT2D eigenvalue weighted by molar-refractivity contribution is 6.00. The Morgan fingerprint density at radius 2 is 1.60 bits per heavy atom. The molecule has 102 valence electrons. The van der Waals surface area contributed by atoms with Crippen LogP contribution in [0.2, 0.25) is 0 Å². The SMILES string of the molecule is CC(C)(C)c1ccc(-c2cccc3c2CNC3=O)cc1. The lowest BCUT2D eigenvalue weighted by Gasteiger charge is -2.19. The molecular formula is C18H19NO. The van der Waals surface area contributed by atoms with Gasteiger partial charge in [-0.15, -0.1) is 0 Å². The molecule has 0 saturated carbocycles. The highest BCUT2D eigenvalue weighted by Crippen LogP contribution is 2.31. The van der Waals surface area contributed by atoms with Gasteiger partial charge < -0.3 is 5.32 Å². The Labute approximate surface area is 119 Å². The third-order valence-corrected chi connectivity index (χ3v) is 3.91. The van der Waals surface area contributed by atoms with Crippen LogP contribution in [0.15, 0.2) is 42.5 Å². The van der Waals surface area contributed by atoms with E-state index in [4.69, 9.17) is 0 Å². The van der Waals surface area contributed by atoms with Crippen LogP contribution in [0, 0.1) is 0 Å². The number of fused-ring (bicyclic) bond motifs is 1. The summed E-state index contributed by atoms with van der Waals surface area (Å²) < 4.78 is 0. The van der Waals surface area contributed by atoms with Gasteiger partial charge in [0.25, 0.3) is 5.91 Å². The van der Waals surface area contributed by atoms with Crippen molar-refractivity contribution in [3.8, 4) is 11.1 Å². The van der Waals surface area contributed by atoms with Gasteiger partial charge in [0.05, 0.1) is 0 Å². The van der Waals surface area contributed by atoms with Gasteiger partial charge in [-0.3, -0.25) is 4.79 Å². The maximum atomic E-state index is 11.7. The lowest BCUT2D eigenvalue weighted by Crippen LogP contribution is -2.12. The van der Waals surface area contributed by atoms with Gasteiger partial charge >= 0.3 is 0 Å². The smallest absolute Gasteiger partial charge is 0.251 e. The molecule has 2 aromatic rings. The largest absolute Gasteiger partial charge is 0.348 e. The Morgan fingerprint density at radius 3 is 2.25 bits per heavy atom. The summed E-state index contributed by atoms with van der Waals surface area (Å²) in [6, 6.07) is 14.6. The molecule has 0 saturated heterocycles. The molecule has 0 spiro atoms. The zero-order valence-electron chi connectivity index (χ0n) is 12.2. The fourth-order valence-corrected chi connectivity index (χ4v) is 2.67. The number of carbonyl (C=O) groups is 1. The fraction of sp³-hybridized carbons (Fsp3) is 0.278. The van der Waals surface area contributed by atoms with Crippen molar-refractivity contribution in [1.82, 2.24) is 5.32 Å². The Balaban J connectivity index is 2.05. The van der Waals surface area contributed by atoms with Crippen LogP contribution in [0.4, 0.5) is 0 Å². The fourth-order valence-electron chi connectivity index (χ4n) is 2.67. The number of amides is 1. The van der Waals surface area contributed by atoms with E-state index < -0.39 is 0 Å². The van der Waals surface area contributed by atoms with Gasteiger partial charge in [-0.25, -0.2) is 0 Å². The van der Waals surface area contributed by atoms with E-state index in [9.17, 15) is 4.79 Å². The van der Waals surface area contributed by atoms with Crippen LogP contribution in [-0.4, -0.2) is 5.91 Å². The molecule has 2 heteroatoms. The minimum Gasteiger partial charge on any atom is -0.348 e. The van der Waals surface area contributed by atoms with Crippen molar-refractivity contribution >= 4 is 5.91 Å². The first kappa shape index (κ1) is 12.9. The van der Waals surface area contributed by atoms with Crippen molar-refractivity contribution in [3.05, 3.63) is 59.2 Å². The van der Waals surface area contributed by atoms with E-state index in [2.05, 4.69) is 56.4 Å². The minimum absolute atomic E-state index is 0.0353. The van der Waals surface area contributed by atoms with Crippen LogP contribution < -0.4 is 5.32 Å². The van der Waals surface area contributed by atoms with Gasteiger partial charge in [0, 0.05) is 12.1 Å². The van der Waals surface area contributed by atoms with E-state index in [0.717, 1.165) is 16.7 Å². The van der Waals surface area contributed by atoms with Crippen LogP contribution in [0.5, 0.6) is 0 Å². The average molecular weight is 265 g/mol. The van der Waals surface area contributed by atoms with Crippen LogP contribution in [0.25, 0.3) is 11.1 Å². The third kappa shape index (κ3) is 2.11. The first-order chi connectivity index (χ1) is 9.47. The second-order valence-corrected chi connectivity index (χ2v) is 6.34. The predicted molar refractivity (Wildman–Crippen MR) is 81.7 cm³/mol. The third-order valence-electron chi connectivity index (χ3n) is 3.91. The van der Waals surface area contributed by atoms with Crippen molar-refractivity contribution < 1.29 is 4.79 Å². The van der Waals surface area contributed by atoms with E-state index in [-0.39, 0.29) is 11.3 Å². The molecule has 1 aliphatic rings. The molecular weight excluding hydrogens is 246 g/mol. The van der Waals surface area contributed by atoms with Gasteiger partial charge in [-0.05, 0) is 33.7 Å². The van der Waals surface area contributed by atoms with E-state index in [1.807, 2.05) is 12.1 Å². The predicted octanol–water partition coefficient (Wildman–Crippen LogP) is 3.89. The van der Waals surface area contributed by atoms with Crippen LogP contribution >= 0.6 is 0 Å². The molecule has 0 fully saturated rings. The molecule has 0 aliphatic carbocycles. The lowest BCUT2D eigenvalue weighted by atomic mass is 9.86. The Morgan fingerprint density at radius 1 is 0.950 bits per heavy atom. The summed E-state index contributed by atoms with van der Waals surface area (Å²) in [6.07, 6.45) is 0.